The van der Waals surface area contributed by atoms with Gasteiger partial charge in [-0.25, -0.2) is 4.39 Å². The number of piperidine rings is 1. The number of hydrogen-bond donors (Lipinski definition) is 1. The summed E-state index contributed by atoms with van der Waals surface area (Å²) in [6.07, 6.45) is -0.366. The SMILES string of the molecule is O=C1NC(=S)N(c2cccc(C(F)(F)F)c2)C(=O)/C1=C/c1ccc(N2CCCCC2)c(F)c1. The average Bonchev–Trinajstić information content (AvgIpc) is 2.77. The van der Waals surface area contributed by atoms with E-state index in [1.54, 1.807) is 12.1 Å². The molecule has 2 aliphatic heterocycles. The Kier molecular flexibility index (Phi) is 6.20. The van der Waals surface area contributed by atoms with Crippen molar-refractivity contribution in [3.8, 4) is 0 Å². The number of benzene rings is 2. The second-order valence-electron chi connectivity index (χ2n) is 7.76. The molecule has 2 heterocycles. The van der Waals surface area contributed by atoms with Gasteiger partial charge in [-0.3, -0.25) is 19.8 Å². The van der Waals surface area contributed by atoms with Gasteiger partial charge in [0.1, 0.15) is 11.4 Å². The molecule has 10 heteroatoms. The Morgan fingerprint density at radius 2 is 1.73 bits per heavy atom. The topological polar surface area (TPSA) is 52.7 Å². The van der Waals surface area contributed by atoms with Crippen LogP contribution in [0.4, 0.5) is 28.9 Å². The molecule has 5 nitrogen and oxygen atoms in total. The van der Waals surface area contributed by atoms with E-state index in [9.17, 15) is 27.2 Å². The Morgan fingerprint density at radius 3 is 2.39 bits per heavy atom. The lowest BCUT2D eigenvalue weighted by molar-refractivity contribution is -0.137. The van der Waals surface area contributed by atoms with Gasteiger partial charge in [-0.1, -0.05) is 12.1 Å². The molecule has 0 aliphatic carbocycles. The van der Waals surface area contributed by atoms with Crippen molar-refractivity contribution in [1.29, 1.82) is 0 Å². The van der Waals surface area contributed by atoms with Crippen molar-refractivity contribution in [3.63, 3.8) is 0 Å². The molecule has 2 fully saturated rings. The van der Waals surface area contributed by atoms with Crippen molar-refractivity contribution in [3.05, 3.63) is 65.0 Å². The zero-order chi connectivity index (χ0) is 23.8. The normalized spacial score (nSPS) is 18.7. The first-order valence-corrected chi connectivity index (χ1v) is 10.7. The number of thiocarbonyl (C=S) groups is 1. The van der Waals surface area contributed by atoms with Gasteiger partial charge in [0.25, 0.3) is 11.8 Å². The molecule has 0 spiro atoms. The highest BCUT2D eigenvalue weighted by atomic mass is 32.1. The minimum absolute atomic E-state index is 0.141. The summed E-state index contributed by atoms with van der Waals surface area (Å²) >= 11 is 5.03. The van der Waals surface area contributed by atoms with Crippen molar-refractivity contribution in [2.75, 3.05) is 22.9 Å². The quantitative estimate of drug-likeness (QED) is 0.302. The minimum atomic E-state index is -4.62. The van der Waals surface area contributed by atoms with E-state index in [-0.39, 0.29) is 21.9 Å². The molecule has 1 N–H and O–H groups in total. The molecule has 0 radical (unpaired) electrons. The third-order valence-corrected chi connectivity index (χ3v) is 5.80. The number of halogens is 4. The van der Waals surface area contributed by atoms with Crippen LogP contribution in [-0.2, 0) is 15.8 Å². The molecule has 4 rings (SSSR count). The van der Waals surface area contributed by atoms with E-state index in [1.807, 2.05) is 4.90 Å². The smallest absolute Gasteiger partial charge is 0.369 e. The Hall–Kier alpha value is -3.27. The number of carbonyl (C=O) groups excluding carboxylic acids is 2. The molecule has 0 aromatic heterocycles. The van der Waals surface area contributed by atoms with Gasteiger partial charge in [0.2, 0.25) is 0 Å². The summed E-state index contributed by atoms with van der Waals surface area (Å²) in [5.74, 6) is -2.20. The molecule has 172 valence electrons. The van der Waals surface area contributed by atoms with Crippen LogP contribution in [-0.4, -0.2) is 30.0 Å². The fourth-order valence-electron chi connectivity index (χ4n) is 3.88. The lowest BCUT2D eigenvalue weighted by Gasteiger charge is -2.30. The molecule has 0 unspecified atom stereocenters. The maximum atomic E-state index is 14.7. The molecule has 2 saturated heterocycles. The number of nitrogens with zero attached hydrogens (tertiary/aromatic N) is 2. The van der Waals surface area contributed by atoms with E-state index in [2.05, 4.69) is 5.32 Å². The Balaban J connectivity index is 1.65. The number of amides is 2. The summed E-state index contributed by atoms with van der Waals surface area (Å²) in [7, 11) is 0. The van der Waals surface area contributed by atoms with Crippen molar-refractivity contribution in [2.24, 2.45) is 0 Å². The molecule has 0 saturated carbocycles. The summed E-state index contributed by atoms with van der Waals surface area (Å²) in [5.41, 5.74) is -0.761. The van der Waals surface area contributed by atoms with Gasteiger partial charge in [0.15, 0.2) is 5.11 Å². The zero-order valence-corrected chi connectivity index (χ0v) is 18.1. The van der Waals surface area contributed by atoms with Crippen LogP contribution >= 0.6 is 12.2 Å². The van der Waals surface area contributed by atoms with Crippen LogP contribution in [0.1, 0.15) is 30.4 Å². The standard InChI is InChI=1S/C23H19F4N3O2S/c24-18-12-14(7-8-19(18)29-9-2-1-3-10-29)11-17-20(31)28-22(33)30(21(17)32)16-6-4-5-15(13-16)23(25,26)27/h4-8,11-13H,1-3,9-10H2,(H,28,31,33)/b17-11+. The summed E-state index contributed by atoms with van der Waals surface area (Å²) in [6, 6.07) is 8.45. The first-order valence-electron chi connectivity index (χ1n) is 10.3. The molecule has 2 amide bonds. The van der Waals surface area contributed by atoms with Gasteiger partial charge in [0.05, 0.1) is 16.9 Å². The Morgan fingerprint density at radius 1 is 1.00 bits per heavy atom. The van der Waals surface area contributed by atoms with Gasteiger partial charge in [0, 0.05) is 13.1 Å². The van der Waals surface area contributed by atoms with Crippen molar-refractivity contribution in [1.82, 2.24) is 5.32 Å². The minimum Gasteiger partial charge on any atom is -0.369 e. The van der Waals surface area contributed by atoms with Crippen LogP contribution in [0, 0.1) is 5.82 Å². The van der Waals surface area contributed by atoms with Crippen LogP contribution in [0.2, 0.25) is 0 Å². The summed E-state index contributed by atoms with van der Waals surface area (Å²) < 4.78 is 54.1. The molecule has 0 bridgehead atoms. The monoisotopic (exact) mass is 477 g/mol. The van der Waals surface area contributed by atoms with E-state index >= 15 is 0 Å². The lowest BCUT2D eigenvalue weighted by atomic mass is 10.0. The lowest BCUT2D eigenvalue weighted by Crippen LogP contribution is -2.54. The highest BCUT2D eigenvalue weighted by molar-refractivity contribution is 7.80. The molecular formula is C23H19F4N3O2S. The number of anilines is 2. The van der Waals surface area contributed by atoms with Gasteiger partial charge < -0.3 is 4.90 Å². The number of alkyl halides is 3. The maximum Gasteiger partial charge on any atom is 0.416 e. The number of hydrogen-bond acceptors (Lipinski definition) is 4. The highest BCUT2D eigenvalue weighted by Gasteiger charge is 2.36. The third-order valence-electron chi connectivity index (χ3n) is 5.51. The van der Waals surface area contributed by atoms with Crippen LogP contribution in [0.15, 0.2) is 48.0 Å². The second-order valence-corrected chi connectivity index (χ2v) is 8.15. The van der Waals surface area contributed by atoms with Crippen molar-refractivity contribution >= 4 is 46.6 Å². The van der Waals surface area contributed by atoms with Crippen LogP contribution in [0.5, 0.6) is 0 Å². The van der Waals surface area contributed by atoms with Gasteiger partial charge >= 0.3 is 6.18 Å². The van der Waals surface area contributed by atoms with Crippen molar-refractivity contribution < 1.29 is 27.2 Å². The first-order chi connectivity index (χ1) is 15.6. The van der Waals surface area contributed by atoms with Gasteiger partial charge in [-0.05, 0) is 73.5 Å². The van der Waals surface area contributed by atoms with Crippen LogP contribution < -0.4 is 15.1 Å². The van der Waals surface area contributed by atoms with E-state index < -0.39 is 29.4 Å². The average molecular weight is 477 g/mol. The first kappa shape index (κ1) is 22.9. The maximum absolute atomic E-state index is 14.7. The fourth-order valence-corrected chi connectivity index (χ4v) is 4.17. The molecule has 2 aromatic rings. The van der Waals surface area contributed by atoms with E-state index in [1.165, 1.54) is 18.2 Å². The van der Waals surface area contributed by atoms with Crippen molar-refractivity contribution in [2.45, 2.75) is 25.4 Å². The predicted molar refractivity (Wildman–Crippen MR) is 120 cm³/mol. The highest BCUT2D eigenvalue weighted by Crippen LogP contribution is 2.33. The fraction of sp³-hybridized carbons (Fsp3) is 0.261. The van der Waals surface area contributed by atoms with E-state index in [0.29, 0.717) is 5.69 Å². The molecule has 0 atom stereocenters. The van der Waals surface area contributed by atoms with Crippen LogP contribution in [0.25, 0.3) is 6.08 Å². The predicted octanol–water partition coefficient (Wildman–Crippen LogP) is 4.67. The van der Waals surface area contributed by atoms with Gasteiger partial charge in [-0.15, -0.1) is 0 Å². The molecular weight excluding hydrogens is 458 g/mol. The summed E-state index contributed by atoms with van der Waals surface area (Å²) in [6.45, 7) is 1.50. The molecule has 2 aliphatic rings. The molecule has 33 heavy (non-hydrogen) atoms. The largest absolute Gasteiger partial charge is 0.416 e. The Labute approximate surface area is 192 Å². The second kappa shape index (κ2) is 8.93. The summed E-state index contributed by atoms with van der Waals surface area (Å²) in [5, 5.41) is 1.97. The van der Waals surface area contributed by atoms with E-state index in [0.717, 1.165) is 55.5 Å². The molecule has 2 aromatic carbocycles. The van der Waals surface area contributed by atoms with Gasteiger partial charge in [-0.2, -0.15) is 13.2 Å². The zero-order valence-electron chi connectivity index (χ0n) is 17.3. The Bertz CT molecular complexity index is 1160. The number of rotatable bonds is 3. The number of carbonyl (C=O) groups is 2. The summed E-state index contributed by atoms with van der Waals surface area (Å²) in [4.78, 5) is 28.2. The third kappa shape index (κ3) is 4.75. The number of nitrogens with one attached hydrogen (secondary N) is 1. The van der Waals surface area contributed by atoms with E-state index in [4.69, 9.17) is 12.2 Å². The van der Waals surface area contributed by atoms with Crippen LogP contribution in [0.3, 0.4) is 0 Å².